The quantitative estimate of drug-likeness (QED) is 0.749. The summed E-state index contributed by atoms with van der Waals surface area (Å²) in [5.74, 6) is -0.249. The molecule has 106 valence electrons. The van der Waals surface area contributed by atoms with E-state index in [0.717, 1.165) is 0 Å². The molecule has 20 heavy (non-hydrogen) atoms. The lowest BCUT2D eigenvalue weighted by molar-refractivity contribution is -0.141. The van der Waals surface area contributed by atoms with E-state index in [1.165, 1.54) is 18.9 Å². The average Bonchev–Trinajstić information content (AvgIpc) is 2.46. The van der Waals surface area contributed by atoms with Crippen molar-refractivity contribution in [3.05, 3.63) is 29.8 Å². The molecule has 1 rings (SSSR count). The van der Waals surface area contributed by atoms with E-state index in [2.05, 4.69) is 10.1 Å². The van der Waals surface area contributed by atoms with Crippen LogP contribution in [0.25, 0.3) is 0 Å². The highest BCUT2D eigenvalue weighted by atomic mass is 32.2. The fourth-order valence-electron chi connectivity index (χ4n) is 1.36. The number of amides is 1. The van der Waals surface area contributed by atoms with Gasteiger partial charge in [-0.2, -0.15) is 5.26 Å². The number of rotatable bonds is 6. The van der Waals surface area contributed by atoms with Crippen LogP contribution < -0.4 is 11.1 Å². The Morgan fingerprint density at radius 1 is 1.55 bits per heavy atom. The highest BCUT2D eigenvalue weighted by Crippen LogP contribution is 2.11. The molecule has 0 aliphatic rings. The van der Waals surface area contributed by atoms with E-state index < -0.39 is 12.0 Å². The SMILES string of the molecule is COC(=O)C(N)CSCC(=O)Nc1cccc(C#N)c1. The molecule has 0 saturated carbocycles. The molecule has 1 aromatic rings. The highest BCUT2D eigenvalue weighted by molar-refractivity contribution is 8.00. The average molecular weight is 293 g/mol. The Labute approximate surface area is 121 Å². The van der Waals surface area contributed by atoms with Gasteiger partial charge in [-0.25, -0.2) is 0 Å². The molecule has 3 N–H and O–H groups in total. The number of anilines is 1. The van der Waals surface area contributed by atoms with Crippen LogP contribution >= 0.6 is 11.8 Å². The fourth-order valence-corrected chi connectivity index (χ4v) is 2.13. The van der Waals surface area contributed by atoms with Crippen LogP contribution in [0, 0.1) is 11.3 Å². The number of esters is 1. The van der Waals surface area contributed by atoms with Crippen molar-refractivity contribution in [2.45, 2.75) is 6.04 Å². The molecule has 0 spiro atoms. The second-order valence-electron chi connectivity index (χ2n) is 3.89. The molecule has 0 saturated heterocycles. The minimum atomic E-state index is -0.736. The largest absolute Gasteiger partial charge is 0.468 e. The molecule has 1 atom stereocenters. The number of thioether (sulfide) groups is 1. The zero-order chi connectivity index (χ0) is 15.0. The summed E-state index contributed by atoms with van der Waals surface area (Å²) in [6.07, 6.45) is 0. The first kappa shape index (κ1) is 16.0. The van der Waals surface area contributed by atoms with E-state index in [9.17, 15) is 9.59 Å². The summed E-state index contributed by atoms with van der Waals surface area (Å²) >= 11 is 1.24. The number of ether oxygens (including phenoxy) is 1. The van der Waals surface area contributed by atoms with E-state index in [1.54, 1.807) is 24.3 Å². The lowest BCUT2D eigenvalue weighted by Crippen LogP contribution is -2.34. The Morgan fingerprint density at radius 3 is 2.95 bits per heavy atom. The molecular weight excluding hydrogens is 278 g/mol. The van der Waals surface area contributed by atoms with Crippen LogP contribution in [0.3, 0.4) is 0 Å². The molecule has 0 aliphatic carbocycles. The summed E-state index contributed by atoms with van der Waals surface area (Å²) in [6.45, 7) is 0. The molecule has 0 bridgehead atoms. The van der Waals surface area contributed by atoms with Gasteiger partial charge in [0.15, 0.2) is 0 Å². The summed E-state index contributed by atoms with van der Waals surface area (Å²) < 4.78 is 4.48. The molecule has 0 radical (unpaired) electrons. The third-order valence-corrected chi connectivity index (χ3v) is 3.37. The molecule has 6 nitrogen and oxygen atoms in total. The Balaban J connectivity index is 2.37. The van der Waals surface area contributed by atoms with Crippen molar-refractivity contribution in [1.82, 2.24) is 0 Å². The van der Waals surface area contributed by atoms with E-state index in [0.29, 0.717) is 17.0 Å². The van der Waals surface area contributed by atoms with Gasteiger partial charge in [-0.3, -0.25) is 9.59 Å². The van der Waals surface area contributed by atoms with Gasteiger partial charge in [0.2, 0.25) is 5.91 Å². The van der Waals surface area contributed by atoms with Crippen LogP contribution in [-0.2, 0) is 14.3 Å². The zero-order valence-corrected chi connectivity index (χ0v) is 11.8. The number of nitrogens with zero attached hydrogens (tertiary/aromatic N) is 1. The van der Waals surface area contributed by atoms with E-state index >= 15 is 0 Å². The maximum Gasteiger partial charge on any atom is 0.323 e. The maximum atomic E-state index is 11.7. The lowest BCUT2D eigenvalue weighted by Gasteiger charge is -2.09. The van der Waals surface area contributed by atoms with Crippen molar-refractivity contribution >= 4 is 29.3 Å². The lowest BCUT2D eigenvalue weighted by atomic mass is 10.2. The second kappa shape index (κ2) is 8.19. The zero-order valence-electron chi connectivity index (χ0n) is 11.0. The molecule has 1 aromatic carbocycles. The third-order valence-electron chi connectivity index (χ3n) is 2.31. The Bertz CT molecular complexity index is 528. The van der Waals surface area contributed by atoms with Crippen LogP contribution in [0.4, 0.5) is 5.69 Å². The Morgan fingerprint density at radius 2 is 2.30 bits per heavy atom. The number of nitriles is 1. The normalized spacial score (nSPS) is 11.2. The maximum absolute atomic E-state index is 11.7. The van der Waals surface area contributed by atoms with Crippen molar-refractivity contribution in [2.75, 3.05) is 23.9 Å². The highest BCUT2D eigenvalue weighted by Gasteiger charge is 2.14. The molecule has 0 aliphatic heterocycles. The Kier molecular flexibility index (Phi) is 6.56. The van der Waals surface area contributed by atoms with Gasteiger partial charge in [0.25, 0.3) is 0 Å². The predicted octanol–water partition coefficient (Wildman–Crippen LogP) is 0.730. The van der Waals surface area contributed by atoms with E-state index in [-0.39, 0.29) is 11.7 Å². The molecular formula is C13H15N3O3S. The van der Waals surface area contributed by atoms with Crippen LogP contribution in [0.1, 0.15) is 5.56 Å². The first-order chi connectivity index (χ1) is 9.56. The smallest absolute Gasteiger partial charge is 0.323 e. The van der Waals surface area contributed by atoms with Gasteiger partial charge in [-0.05, 0) is 18.2 Å². The van der Waals surface area contributed by atoms with Crippen molar-refractivity contribution in [1.29, 1.82) is 5.26 Å². The summed E-state index contributed by atoms with van der Waals surface area (Å²) in [6, 6.07) is 7.88. The molecule has 1 unspecified atom stereocenters. The summed E-state index contributed by atoms with van der Waals surface area (Å²) in [5.41, 5.74) is 6.58. The first-order valence-electron chi connectivity index (χ1n) is 5.78. The summed E-state index contributed by atoms with van der Waals surface area (Å²) in [7, 11) is 1.27. The number of nitrogens with two attached hydrogens (primary N) is 1. The minimum absolute atomic E-state index is 0.168. The predicted molar refractivity (Wildman–Crippen MR) is 77.1 cm³/mol. The van der Waals surface area contributed by atoms with Gasteiger partial charge in [0.1, 0.15) is 6.04 Å². The van der Waals surface area contributed by atoms with Crippen molar-refractivity contribution in [3.8, 4) is 6.07 Å². The van der Waals surface area contributed by atoms with E-state index in [4.69, 9.17) is 11.0 Å². The standard InChI is InChI=1S/C13H15N3O3S/c1-19-13(18)11(15)7-20-8-12(17)16-10-4-2-3-9(5-10)6-14/h2-5,11H,7-8,15H2,1H3,(H,16,17). The van der Waals surface area contributed by atoms with Crippen molar-refractivity contribution < 1.29 is 14.3 Å². The van der Waals surface area contributed by atoms with Gasteiger partial charge in [-0.1, -0.05) is 6.07 Å². The number of hydrogen-bond acceptors (Lipinski definition) is 6. The van der Waals surface area contributed by atoms with Crippen LogP contribution in [0.15, 0.2) is 24.3 Å². The van der Waals surface area contributed by atoms with Crippen LogP contribution in [-0.4, -0.2) is 36.5 Å². The number of nitrogens with one attached hydrogen (secondary N) is 1. The summed E-state index contributed by atoms with van der Waals surface area (Å²) in [5, 5.41) is 11.4. The Hall–Kier alpha value is -2.04. The minimum Gasteiger partial charge on any atom is -0.468 e. The second-order valence-corrected chi connectivity index (χ2v) is 4.92. The number of carbonyl (C=O) groups excluding carboxylic acids is 2. The van der Waals surface area contributed by atoms with Gasteiger partial charge in [0.05, 0.1) is 24.5 Å². The molecule has 0 fully saturated rings. The summed E-state index contributed by atoms with van der Waals surface area (Å²) in [4.78, 5) is 22.7. The van der Waals surface area contributed by atoms with Gasteiger partial charge < -0.3 is 15.8 Å². The first-order valence-corrected chi connectivity index (χ1v) is 6.93. The van der Waals surface area contributed by atoms with Gasteiger partial charge >= 0.3 is 5.97 Å². The number of hydrogen-bond donors (Lipinski definition) is 2. The van der Waals surface area contributed by atoms with Gasteiger partial charge in [-0.15, -0.1) is 11.8 Å². The van der Waals surface area contributed by atoms with Gasteiger partial charge in [0, 0.05) is 11.4 Å². The van der Waals surface area contributed by atoms with Crippen molar-refractivity contribution in [2.24, 2.45) is 5.73 Å². The fraction of sp³-hybridized carbons (Fsp3) is 0.308. The number of methoxy groups -OCH3 is 1. The monoisotopic (exact) mass is 293 g/mol. The van der Waals surface area contributed by atoms with Crippen molar-refractivity contribution in [3.63, 3.8) is 0 Å². The molecule has 7 heteroatoms. The molecule has 1 amide bonds. The molecule has 0 heterocycles. The van der Waals surface area contributed by atoms with E-state index in [1.807, 2.05) is 6.07 Å². The van der Waals surface area contributed by atoms with Crippen LogP contribution in [0.5, 0.6) is 0 Å². The van der Waals surface area contributed by atoms with Crippen LogP contribution in [0.2, 0.25) is 0 Å². The molecule has 0 aromatic heterocycles. The number of carbonyl (C=O) groups is 2. The topological polar surface area (TPSA) is 105 Å². The number of benzene rings is 1. The third kappa shape index (κ3) is 5.30.